The summed E-state index contributed by atoms with van der Waals surface area (Å²) in [5, 5.41) is 0.536. The Kier molecular flexibility index (Phi) is 2.36. The van der Waals surface area contributed by atoms with Crippen LogP contribution < -0.4 is 0 Å². The molecule has 0 aromatic carbocycles. The van der Waals surface area contributed by atoms with Crippen molar-refractivity contribution in [1.29, 1.82) is 0 Å². The summed E-state index contributed by atoms with van der Waals surface area (Å²) in [6.45, 7) is 11.7. The van der Waals surface area contributed by atoms with Crippen molar-refractivity contribution in [2.75, 3.05) is 0 Å². The summed E-state index contributed by atoms with van der Waals surface area (Å²) in [4.78, 5) is 0. The van der Waals surface area contributed by atoms with Crippen LogP contribution >= 0.6 is 0 Å². The fourth-order valence-electron chi connectivity index (χ4n) is 2.99. The molecule has 0 N–H and O–H groups in total. The third kappa shape index (κ3) is 1.04. The fourth-order valence-corrected chi connectivity index (χ4v) is 2.99. The molecule has 0 amide bonds. The molecule has 1 fully saturated rings. The lowest BCUT2D eigenvalue weighted by molar-refractivity contribution is 0.0282. The molecule has 4 unspecified atom stereocenters. The first-order chi connectivity index (χ1) is 5.07. The van der Waals surface area contributed by atoms with Crippen molar-refractivity contribution in [2.45, 2.75) is 46.3 Å². The molecule has 0 aliphatic heterocycles. The van der Waals surface area contributed by atoms with Gasteiger partial charge in [-0.05, 0) is 17.8 Å². The van der Waals surface area contributed by atoms with Crippen LogP contribution in [0.1, 0.15) is 34.1 Å². The highest BCUT2D eigenvalue weighted by molar-refractivity contribution is 6.38. The van der Waals surface area contributed by atoms with Gasteiger partial charge in [0, 0.05) is 0 Å². The molecule has 11 heavy (non-hydrogen) atoms. The van der Waals surface area contributed by atoms with Crippen molar-refractivity contribution in [3.8, 4) is 0 Å². The smallest absolute Gasteiger partial charge is 0.0914 e. The van der Waals surface area contributed by atoms with E-state index in [0.29, 0.717) is 5.31 Å². The molecule has 4 atom stereocenters. The van der Waals surface area contributed by atoms with Crippen molar-refractivity contribution in [3.05, 3.63) is 0 Å². The van der Waals surface area contributed by atoms with Crippen molar-refractivity contribution in [1.82, 2.24) is 0 Å². The van der Waals surface area contributed by atoms with E-state index in [1.807, 2.05) is 0 Å². The van der Waals surface area contributed by atoms with E-state index in [2.05, 4.69) is 41.8 Å². The second-order valence-electron chi connectivity index (χ2n) is 4.32. The van der Waals surface area contributed by atoms with Crippen LogP contribution in [0.15, 0.2) is 0 Å². The van der Waals surface area contributed by atoms with E-state index < -0.39 is 0 Å². The van der Waals surface area contributed by atoms with E-state index in [-0.39, 0.29) is 0 Å². The highest BCUT2D eigenvalue weighted by Gasteiger charge is 2.51. The average Bonchev–Trinajstić information content (AvgIpc) is 2.04. The first-order valence-electron chi connectivity index (χ1n) is 4.88. The second-order valence-corrected chi connectivity index (χ2v) is 4.32. The van der Waals surface area contributed by atoms with E-state index in [1.165, 1.54) is 6.42 Å². The minimum absolute atomic E-state index is 0.536. The molecular formula is C10H20B. The summed E-state index contributed by atoms with van der Waals surface area (Å²) < 4.78 is 0. The SMILES string of the molecule is C[B]C1(C)C(C)C(C)C1CC. The van der Waals surface area contributed by atoms with Crippen LogP contribution in [0.25, 0.3) is 0 Å². The fraction of sp³-hybridized carbons (Fsp3) is 1.00. The molecule has 0 aromatic rings. The zero-order chi connectivity index (χ0) is 8.65. The Balaban J connectivity index is 2.66. The van der Waals surface area contributed by atoms with Gasteiger partial charge < -0.3 is 0 Å². The van der Waals surface area contributed by atoms with E-state index in [9.17, 15) is 0 Å². The van der Waals surface area contributed by atoms with E-state index >= 15 is 0 Å². The highest BCUT2D eigenvalue weighted by Crippen LogP contribution is 2.61. The predicted octanol–water partition coefficient (Wildman–Crippen LogP) is 3.23. The van der Waals surface area contributed by atoms with Crippen LogP contribution in [0.2, 0.25) is 12.1 Å². The third-order valence-corrected chi connectivity index (χ3v) is 4.27. The van der Waals surface area contributed by atoms with Gasteiger partial charge in [0.25, 0.3) is 0 Å². The van der Waals surface area contributed by atoms with Crippen LogP contribution in [0.3, 0.4) is 0 Å². The minimum atomic E-state index is 0.536. The van der Waals surface area contributed by atoms with Crippen LogP contribution in [0.5, 0.6) is 0 Å². The van der Waals surface area contributed by atoms with E-state index in [4.69, 9.17) is 0 Å². The Morgan fingerprint density at radius 2 is 1.91 bits per heavy atom. The highest BCUT2D eigenvalue weighted by atomic mass is 14.5. The second kappa shape index (κ2) is 2.84. The van der Waals surface area contributed by atoms with Crippen LogP contribution in [-0.2, 0) is 0 Å². The normalized spacial score (nSPS) is 50.1. The Bertz CT molecular complexity index is 144. The summed E-state index contributed by atoms with van der Waals surface area (Å²) in [7, 11) is 2.41. The van der Waals surface area contributed by atoms with Gasteiger partial charge in [0.15, 0.2) is 0 Å². The quantitative estimate of drug-likeness (QED) is 0.531. The van der Waals surface area contributed by atoms with Gasteiger partial charge in [-0.3, -0.25) is 0 Å². The van der Waals surface area contributed by atoms with Gasteiger partial charge in [-0.15, -0.1) is 0 Å². The molecule has 1 rings (SSSR count). The summed E-state index contributed by atoms with van der Waals surface area (Å²) in [6.07, 6.45) is 1.34. The first kappa shape index (κ1) is 9.16. The number of hydrogen-bond acceptors (Lipinski definition) is 0. The summed E-state index contributed by atoms with van der Waals surface area (Å²) >= 11 is 0. The summed E-state index contributed by atoms with van der Waals surface area (Å²) in [5.74, 6) is 2.75. The molecule has 0 spiro atoms. The Hall–Kier alpha value is 0.0649. The zero-order valence-corrected chi connectivity index (χ0v) is 8.52. The predicted molar refractivity (Wildman–Crippen MR) is 52.1 cm³/mol. The topological polar surface area (TPSA) is 0 Å². The van der Waals surface area contributed by atoms with Crippen LogP contribution in [0.4, 0.5) is 0 Å². The van der Waals surface area contributed by atoms with E-state index in [1.54, 1.807) is 0 Å². The molecule has 0 saturated heterocycles. The average molecular weight is 151 g/mol. The van der Waals surface area contributed by atoms with Crippen molar-refractivity contribution < 1.29 is 0 Å². The maximum Gasteiger partial charge on any atom is 0.114 e. The zero-order valence-electron chi connectivity index (χ0n) is 8.52. The molecule has 0 bridgehead atoms. The lowest BCUT2D eigenvalue weighted by atomic mass is 9.33. The number of hydrogen-bond donors (Lipinski definition) is 0. The molecule has 0 aromatic heterocycles. The third-order valence-electron chi connectivity index (χ3n) is 4.27. The van der Waals surface area contributed by atoms with Crippen LogP contribution in [-0.4, -0.2) is 7.28 Å². The summed E-state index contributed by atoms with van der Waals surface area (Å²) in [5.41, 5.74) is 0. The number of rotatable bonds is 2. The van der Waals surface area contributed by atoms with E-state index in [0.717, 1.165) is 17.8 Å². The molecule has 0 heterocycles. The molecular weight excluding hydrogens is 131 g/mol. The maximum absolute atomic E-state index is 2.41. The molecule has 1 aliphatic rings. The lowest BCUT2D eigenvalue weighted by Gasteiger charge is -2.58. The van der Waals surface area contributed by atoms with Gasteiger partial charge in [-0.2, -0.15) is 0 Å². The van der Waals surface area contributed by atoms with Gasteiger partial charge in [0.1, 0.15) is 7.28 Å². The minimum Gasteiger partial charge on any atom is -0.0914 e. The lowest BCUT2D eigenvalue weighted by Crippen LogP contribution is -2.49. The Morgan fingerprint density at radius 3 is 2.18 bits per heavy atom. The monoisotopic (exact) mass is 151 g/mol. The molecule has 1 aliphatic carbocycles. The molecule has 0 nitrogen and oxygen atoms in total. The molecule has 1 heteroatoms. The summed E-state index contributed by atoms with van der Waals surface area (Å²) in [6, 6.07) is 0. The molecule has 1 radical (unpaired) electrons. The van der Waals surface area contributed by atoms with Gasteiger partial charge in [-0.25, -0.2) is 0 Å². The van der Waals surface area contributed by atoms with Gasteiger partial charge in [0.2, 0.25) is 0 Å². The van der Waals surface area contributed by atoms with Crippen molar-refractivity contribution in [3.63, 3.8) is 0 Å². The van der Waals surface area contributed by atoms with Gasteiger partial charge in [-0.1, -0.05) is 46.3 Å². The van der Waals surface area contributed by atoms with Gasteiger partial charge >= 0.3 is 0 Å². The first-order valence-corrected chi connectivity index (χ1v) is 4.88. The van der Waals surface area contributed by atoms with Crippen molar-refractivity contribution in [2.24, 2.45) is 17.8 Å². The molecule has 1 saturated carbocycles. The Labute approximate surface area is 72.0 Å². The maximum atomic E-state index is 2.41. The Morgan fingerprint density at radius 1 is 1.36 bits per heavy atom. The molecule has 63 valence electrons. The van der Waals surface area contributed by atoms with Crippen molar-refractivity contribution >= 4 is 7.28 Å². The largest absolute Gasteiger partial charge is 0.114 e. The van der Waals surface area contributed by atoms with Crippen LogP contribution in [0, 0.1) is 17.8 Å². The van der Waals surface area contributed by atoms with Gasteiger partial charge in [0.05, 0.1) is 0 Å². The standard InChI is InChI=1S/C10H20B/c1-6-9-7(2)8(3)10(9,4)11-5/h7-9H,6H2,1-5H3.